The molecule has 0 amide bonds. The van der Waals surface area contributed by atoms with Crippen LogP contribution in [0.25, 0.3) is 11.1 Å². The maximum Gasteiger partial charge on any atom is 0.302 e. The second-order valence-corrected chi connectivity index (χ2v) is 13.1. The first-order valence-corrected chi connectivity index (χ1v) is 18.2. The summed E-state index contributed by atoms with van der Waals surface area (Å²) in [5.74, 6) is -0.948. The lowest BCUT2D eigenvalue weighted by Gasteiger charge is -2.26. The summed E-state index contributed by atoms with van der Waals surface area (Å²) >= 11 is 0. The molecule has 0 saturated heterocycles. The van der Waals surface area contributed by atoms with E-state index in [0.29, 0.717) is 0 Å². The van der Waals surface area contributed by atoms with Crippen LogP contribution < -0.4 is 9.80 Å². The van der Waals surface area contributed by atoms with Crippen molar-refractivity contribution < 1.29 is 28.6 Å². The minimum Gasteiger partial charge on any atom is -0.461 e. The Morgan fingerprint density at radius 2 is 0.582 bits per heavy atom. The molecular formula is C47H44N2O6. The number of hydrogen-bond acceptors (Lipinski definition) is 8. The Morgan fingerprint density at radius 1 is 0.364 bits per heavy atom. The Labute approximate surface area is 322 Å². The van der Waals surface area contributed by atoms with E-state index in [1.165, 1.54) is 26.3 Å². The summed E-state index contributed by atoms with van der Waals surface area (Å²) in [4.78, 5) is 38.4. The van der Waals surface area contributed by atoms with Crippen LogP contribution in [0.5, 0.6) is 0 Å². The molecule has 6 aromatic rings. The van der Waals surface area contributed by atoms with E-state index in [1.807, 2.05) is 72.8 Å². The van der Waals surface area contributed by atoms with E-state index < -0.39 is 0 Å². The lowest BCUT2D eigenvalue weighted by atomic mass is 10.0. The molecule has 0 unspecified atom stereocenters. The van der Waals surface area contributed by atoms with Crippen LogP contribution in [0.2, 0.25) is 0 Å². The van der Waals surface area contributed by atoms with E-state index >= 15 is 0 Å². The first-order valence-electron chi connectivity index (χ1n) is 18.2. The maximum absolute atomic E-state index is 11.4. The third-order valence-electron chi connectivity index (χ3n) is 9.10. The molecule has 0 bridgehead atoms. The van der Waals surface area contributed by atoms with Crippen molar-refractivity contribution in [3.8, 4) is 11.1 Å². The molecule has 0 aliphatic rings. The van der Waals surface area contributed by atoms with Crippen molar-refractivity contribution in [1.82, 2.24) is 0 Å². The number of hydrogen-bond donors (Lipinski definition) is 0. The second-order valence-electron chi connectivity index (χ2n) is 13.1. The summed E-state index contributed by atoms with van der Waals surface area (Å²) < 4.78 is 15.6. The van der Waals surface area contributed by atoms with Gasteiger partial charge in [0.1, 0.15) is 19.8 Å². The Morgan fingerprint density at radius 3 is 0.800 bits per heavy atom. The van der Waals surface area contributed by atoms with Gasteiger partial charge in [0.2, 0.25) is 0 Å². The van der Waals surface area contributed by atoms with Gasteiger partial charge in [0, 0.05) is 54.9 Å². The monoisotopic (exact) mass is 732 g/mol. The molecule has 0 aliphatic carbocycles. The van der Waals surface area contributed by atoms with E-state index in [0.717, 1.165) is 68.4 Å². The van der Waals surface area contributed by atoms with Crippen LogP contribution in [0.4, 0.5) is 34.1 Å². The molecule has 0 atom stereocenters. The lowest BCUT2D eigenvalue weighted by Crippen LogP contribution is -2.10. The predicted octanol–water partition coefficient (Wildman–Crippen LogP) is 11.0. The summed E-state index contributed by atoms with van der Waals surface area (Å²) in [7, 11) is 0. The van der Waals surface area contributed by atoms with E-state index in [2.05, 4.69) is 89.5 Å². The van der Waals surface area contributed by atoms with Crippen molar-refractivity contribution in [3.63, 3.8) is 0 Å². The van der Waals surface area contributed by atoms with E-state index in [9.17, 15) is 14.4 Å². The van der Waals surface area contributed by atoms with E-state index in [4.69, 9.17) is 14.2 Å². The van der Waals surface area contributed by atoms with Gasteiger partial charge in [0.25, 0.3) is 0 Å². The van der Waals surface area contributed by atoms with Crippen LogP contribution in [-0.2, 0) is 54.8 Å². The van der Waals surface area contributed by atoms with Crippen molar-refractivity contribution in [3.05, 3.63) is 168 Å². The van der Waals surface area contributed by atoms with Crippen molar-refractivity contribution >= 4 is 52.0 Å². The molecule has 6 aromatic carbocycles. The molecule has 0 radical (unpaired) electrons. The Bertz CT molecular complexity index is 2140. The zero-order valence-electron chi connectivity index (χ0n) is 31.5. The number of benzene rings is 6. The number of ether oxygens (including phenoxy) is 3. The SMILES string of the molecule is CCc1ccc(N(c2ccc(COC(C)=O)cc2)c2ccc(-c3ccc(N(c4ccc(COC(C)=O)cc4)c4ccc(COC(C)=O)cc4)cc3)cc2)cc1. The van der Waals surface area contributed by atoms with E-state index in [1.54, 1.807) is 0 Å². The first kappa shape index (κ1) is 38.1. The van der Waals surface area contributed by atoms with Gasteiger partial charge in [-0.25, -0.2) is 0 Å². The molecule has 0 spiro atoms. The quantitative estimate of drug-likeness (QED) is 0.0808. The molecule has 6 rings (SSSR count). The molecule has 0 saturated carbocycles. The molecule has 0 fully saturated rings. The summed E-state index contributed by atoms with van der Waals surface area (Å²) in [6.45, 7) is 7.02. The molecule has 278 valence electrons. The summed E-state index contributed by atoms with van der Waals surface area (Å²) in [6.07, 6.45) is 0.963. The highest BCUT2D eigenvalue weighted by molar-refractivity contribution is 5.81. The van der Waals surface area contributed by atoms with Gasteiger partial charge in [-0.05, 0) is 113 Å². The molecule has 0 aromatic heterocycles. The average Bonchev–Trinajstić information content (AvgIpc) is 3.21. The minimum absolute atomic E-state index is 0.209. The van der Waals surface area contributed by atoms with Crippen LogP contribution in [-0.4, -0.2) is 17.9 Å². The fraction of sp³-hybridized carbons (Fsp3) is 0.170. The third kappa shape index (κ3) is 10.1. The Balaban J connectivity index is 1.28. The van der Waals surface area contributed by atoms with Crippen molar-refractivity contribution in [2.45, 2.75) is 53.9 Å². The van der Waals surface area contributed by atoms with Crippen molar-refractivity contribution in [2.75, 3.05) is 9.80 Å². The fourth-order valence-corrected chi connectivity index (χ4v) is 6.16. The van der Waals surface area contributed by atoms with Crippen LogP contribution >= 0.6 is 0 Å². The van der Waals surface area contributed by atoms with Gasteiger partial charge in [0.05, 0.1) is 0 Å². The number of aryl methyl sites for hydroxylation is 1. The fourth-order valence-electron chi connectivity index (χ4n) is 6.16. The third-order valence-corrected chi connectivity index (χ3v) is 9.10. The molecule has 0 aliphatic heterocycles. The highest BCUT2D eigenvalue weighted by atomic mass is 16.5. The predicted molar refractivity (Wildman–Crippen MR) is 217 cm³/mol. The highest BCUT2D eigenvalue weighted by Gasteiger charge is 2.16. The minimum atomic E-state index is -0.322. The number of anilines is 6. The average molecular weight is 733 g/mol. The van der Waals surface area contributed by atoms with Gasteiger partial charge >= 0.3 is 17.9 Å². The summed E-state index contributed by atoms with van der Waals surface area (Å²) in [5, 5.41) is 0. The van der Waals surface area contributed by atoms with Crippen molar-refractivity contribution in [1.29, 1.82) is 0 Å². The molecule has 0 N–H and O–H groups in total. The molecule has 8 nitrogen and oxygen atoms in total. The van der Waals surface area contributed by atoms with Gasteiger partial charge < -0.3 is 24.0 Å². The van der Waals surface area contributed by atoms with E-state index in [-0.39, 0.29) is 37.7 Å². The van der Waals surface area contributed by atoms with Crippen LogP contribution in [0, 0.1) is 0 Å². The standard InChI is InChI=1S/C47H44N2O6/c1-5-36-6-18-42(19-7-36)48(43-20-8-37(9-21-43)30-53-33(2)50)46-26-14-40(15-27-46)41-16-28-47(29-17-41)49(44-22-10-38(11-23-44)31-54-34(3)51)45-24-12-39(13-25-45)32-55-35(4)52/h6-29H,5,30-32H2,1-4H3. The Hall–Kier alpha value is -6.67. The van der Waals surface area contributed by atoms with Gasteiger partial charge in [-0.2, -0.15) is 0 Å². The van der Waals surface area contributed by atoms with Gasteiger partial charge in [-0.1, -0.05) is 79.7 Å². The second kappa shape index (κ2) is 17.9. The zero-order valence-corrected chi connectivity index (χ0v) is 31.5. The molecule has 8 heteroatoms. The van der Waals surface area contributed by atoms with Crippen LogP contribution in [0.1, 0.15) is 49.9 Å². The number of rotatable bonds is 14. The smallest absolute Gasteiger partial charge is 0.302 e. The Kier molecular flexibility index (Phi) is 12.4. The lowest BCUT2D eigenvalue weighted by molar-refractivity contribution is -0.143. The van der Waals surface area contributed by atoms with Gasteiger partial charge in [0.15, 0.2) is 0 Å². The summed E-state index contributed by atoms with van der Waals surface area (Å²) in [6, 6.07) is 49.5. The molecule has 55 heavy (non-hydrogen) atoms. The number of carbonyl (C=O) groups excluding carboxylic acids is 3. The van der Waals surface area contributed by atoms with Crippen LogP contribution in [0.3, 0.4) is 0 Å². The number of nitrogens with zero attached hydrogens (tertiary/aromatic N) is 2. The topological polar surface area (TPSA) is 85.4 Å². The maximum atomic E-state index is 11.4. The zero-order chi connectivity index (χ0) is 38.7. The number of esters is 3. The van der Waals surface area contributed by atoms with Gasteiger partial charge in [-0.3, -0.25) is 14.4 Å². The number of carbonyl (C=O) groups is 3. The highest BCUT2D eigenvalue weighted by Crippen LogP contribution is 2.38. The van der Waals surface area contributed by atoms with Crippen molar-refractivity contribution in [2.24, 2.45) is 0 Å². The van der Waals surface area contributed by atoms with Gasteiger partial charge in [-0.15, -0.1) is 0 Å². The summed E-state index contributed by atoms with van der Waals surface area (Å²) in [5.41, 5.74) is 12.0. The normalized spacial score (nSPS) is 10.7. The first-order chi connectivity index (χ1) is 26.7. The largest absolute Gasteiger partial charge is 0.461 e. The van der Waals surface area contributed by atoms with Crippen LogP contribution in [0.15, 0.2) is 146 Å². The molecule has 0 heterocycles. The molecular weight excluding hydrogens is 689 g/mol.